The molecule has 0 radical (unpaired) electrons. The highest BCUT2D eigenvalue weighted by Crippen LogP contribution is 2.28. The lowest BCUT2D eigenvalue weighted by Gasteiger charge is -2.32. The highest BCUT2D eigenvalue weighted by molar-refractivity contribution is 5.94. The minimum Gasteiger partial charge on any atom is -0.345 e. The van der Waals surface area contributed by atoms with E-state index >= 15 is 0 Å². The Bertz CT molecular complexity index is 519. The van der Waals surface area contributed by atoms with Gasteiger partial charge in [-0.05, 0) is 25.8 Å². The van der Waals surface area contributed by atoms with Crippen molar-refractivity contribution < 1.29 is 9.59 Å². The van der Waals surface area contributed by atoms with Crippen LogP contribution in [-0.2, 0) is 16.1 Å². The van der Waals surface area contributed by atoms with Crippen LogP contribution in [0.2, 0.25) is 0 Å². The quantitative estimate of drug-likeness (QED) is 0.889. The van der Waals surface area contributed by atoms with Crippen molar-refractivity contribution in [3.63, 3.8) is 0 Å². The summed E-state index contributed by atoms with van der Waals surface area (Å²) in [7, 11) is 0. The maximum Gasteiger partial charge on any atom is 0.242 e. The van der Waals surface area contributed by atoms with Gasteiger partial charge in [-0.15, -0.1) is 0 Å². The Morgan fingerprint density at radius 2 is 2.10 bits per heavy atom. The molecule has 1 aromatic rings. The first kappa shape index (κ1) is 13.1. The van der Waals surface area contributed by atoms with Crippen LogP contribution >= 0.6 is 0 Å². The maximum absolute atomic E-state index is 11.9. The van der Waals surface area contributed by atoms with E-state index in [2.05, 4.69) is 10.4 Å². The van der Waals surface area contributed by atoms with Crippen LogP contribution in [0.25, 0.3) is 0 Å². The number of rotatable bonds is 3. The Kier molecular flexibility index (Phi) is 3.46. The van der Waals surface area contributed by atoms with Gasteiger partial charge in [-0.2, -0.15) is 5.10 Å². The predicted octanol–water partition coefficient (Wildman–Crippen LogP) is 0.845. The van der Waals surface area contributed by atoms with Crippen LogP contribution in [0.1, 0.15) is 44.3 Å². The van der Waals surface area contributed by atoms with Crippen LogP contribution < -0.4 is 5.32 Å². The summed E-state index contributed by atoms with van der Waals surface area (Å²) in [5, 5.41) is 7.16. The third-order valence-corrected chi connectivity index (χ3v) is 4.28. The monoisotopic (exact) mass is 276 g/mol. The normalized spacial score (nSPS) is 24.2. The molecule has 0 spiro atoms. The second-order valence-electron chi connectivity index (χ2n) is 5.64. The van der Waals surface area contributed by atoms with Crippen molar-refractivity contribution in [3.05, 3.63) is 18.0 Å². The van der Waals surface area contributed by atoms with Crippen molar-refractivity contribution in [2.24, 2.45) is 0 Å². The van der Waals surface area contributed by atoms with Crippen molar-refractivity contribution >= 4 is 11.8 Å². The van der Waals surface area contributed by atoms with Gasteiger partial charge in [0, 0.05) is 6.20 Å². The van der Waals surface area contributed by atoms with Gasteiger partial charge in [0.05, 0.1) is 24.8 Å². The molecular weight excluding hydrogens is 256 g/mol. The largest absolute Gasteiger partial charge is 0.345 e. The molecule has 1 aliphatic carbocycles. The van der Waals surface area contributed by atoms with Gasteiger partial charge in [0.1, 0.15) is 6.04 Å². The molecule has 2 heterocycles. The molecule has 1 saturated heterocycles. The Balaban J connectivity index is 1.70. The van der Waals surface area contributed by atoms with E-state index in [9.17, 15) is 9.59 Å². The topological polar surface area (TPSA) is 67.2 Å². The van der Waals surface area contributed by atoms with E-state index < -0.39 is 6.04 Å². The van der Waals surface area contributed by atoms with E-state index in [1.165, 1.54) is 25.7 Å². The lowest BCUT2D eigenvalue weighted by Crippen LogP contribution is -2.56. The number of nitrogens with zero attached hydrogens (tertiary/aromatic N) is 3. The Morgan fingerprint density at radius 1 is 1.35 bits per heavy atom. The average molecular weight is 276 g/mol. The summed E-state index contributed by atoms with van der Waals surface area (Å²) in [6.07, 6.45) is 6.89. The van der Waals surface area contributed by atoms with Gasteiger partial charge in [0.15, 0.2) is 0 Å². The van der Waals surface area contributed by atoms with E-state index in [0.717, 1.165) is 5.69 Å². The molecule has 1 saturated carbocycles. The fourth-order valence-electron chi connectivity index (χ4n) is 3.00. The average Bonchev–Trinajstić information content (AvgIpc) is 3.09. The van der Waals surface area contributed by atoms with Crippen molar-refractivity contribution in [1.82, 2.24) is 20.0 Å². The van der Waals surface area contributed by atoms with E-state index in [4.69, 9.17) is 0 Å². The smallest absolute Gasteiger partial charge is 0.242 e. The summed E-state index contributed by atoms with van der Waals surface area (Å²) in [6, 6.07) is 2.03. The summed E-state index contributed by atoms with van der Waals surface area (Å²) in [5.41, 5.74) is 0.854. The zero-order chi connectivity index (χ0) is 14.1. The van der Waals surface area contributed by atoms with Crippen LogP contribution in [0.4, 0.5) is 0 Å². The summed E-state index contributed by atoms with van der Waals surface area (Å²) < 4.78 is 2.02. The number of nitrogens with one attached hydrogen (secondary N) is 1. The lowest BCUT2D eigenvalue weighted by molar-refractivity contribution is -0.145. The van der Waals surface area contributed by atoms with Gasteiger partial charge in [-0.25, -0.2) is 0 Å². The predicted molar refractivity (Wildman–Crippen MR) is 72.8 cm³/mol. The molecule has 1 unspecified atom stereocenters. The van der Waals surface area contributed by atoms with Crippen molar-refractivity contribution in [1.29, 1.82) is 0 Å². The van der Waals surface area contributed by atoms with Gasteiger partial charge in [-0.3, -0.25) is 14.3 Å². The third-order valence-electron chi connectivity index (χ3n) is 4.28. The van der Waals surface area contributed by atoms with Crippen molar-refractivity contribution in [2.45, 2.75) is 51.2 Å². The summed E-state index contributed by atoms with van der Waals surface area (Å²) in [5.74, 6) is -0.146. The standard InChI is InChI=1S/C14H20N4O2/c1-10-14(20)15-8-13(19)17(10)9-11-6-7-18(16-11)12-4-2-3-5-12/h6-7,10,12H,2-5,8-9H2,1H3,(H,15,20). The molecule has 108 valence electrons. The maximum atomic E-state index is 11.9. The molecule has 2 aliphatic rings. The summed E-state index contributed by atoms with van der Waals surface area (Å²) in [4.78, 5) is 25.1. The fourth-order valence-corrected chi connectivity index (χ4v) is 3.00. The molecule has 0 bridgehead atoms. The number of amides is 2. The van der Waals surface area contributed by atoms with Gasteiger partial charge in [0.2, 0.25) is 11.8 Å². The van der Waals surface area contributed by atoms with E-state index in [1.807, 2.05) is 16.9 Å². The fraction of sp³-hybridized carbons (Fsp3) is 0.643. The van der Waals surface area contributed by atoms with E-state index in [0.29, 0.717) is 12.6 Å². The first-order valence-electron chi connectivity index (χ1n) is 7.26. The number of hydrogen-bond acceptors (Lipinski definition) is 3. The minimum atomic E-state index is -0.423. The molecule has 3 rings (SSSR count). The molecule has 2 amide bonds. The van der Waals surface area contributed by atoms with Gasteiger partial charge < -0.3 is 10.2 Å². The van der Waals surface area contributed by atoms with Gasteiger partial charge in [0.25, 0.3) is 0 Å². The van der Waals surface area contributed by atoms with Crippen LogP contribution in [0.3, 0.4) is 0 Å². The van der Waals surface area contributed by atoms with Crippen LogP contribution in [0.5, 0.6) is 0 Å². The summed E-state index contributed by atoms with van der Waals surface area (Å²) >= 11 is 0. The van der Waals surface area contributed by atoms with Gasteiger partial charge in [-0.1, -0.05) is 12.8 Å². The number of hydrogen-bond donors (Lipinski definition) is 1. The zero-order valence-electron chi connectivity index (χ0n) is 11.7. The molecule has 0 aromatic carbocycles. The minimum absolute atomic E-state index is 0.0486. The Hall–Kier alpha value is -1.85. The Labute approximate surface area is 118 Å². The SMILES string of the molecule is CC1C(=O)NCC(=O)N1Cc1ccn(C2CCCC2)n1. The van der Waals surface area contributed by atoms with Gasteiger partial charge >= 0.3 is 0 Å². The molecule has 1 atom stereocenters. The molecule has 2 fully saturated rings. The van der Waals surface area contributed by atoms with E-state index in [-0.39, 0.29) is 18.4 Å². The molecular formula is C14H20N4O2. The van der Waals surface area contributed by atoms with E-state index in [1.54, 1.807) is 11.8 Å². The molecule has 6 heteroatoms. The van der Waals surface area contributed by atoms with Crippen LogP contribution in [0, 0.1) is 0 Å². The van der Waals surface area contributed by atoms with Crippen LogP contribution in [-0.4, -0.2) is 39.1 Å². The highest BCUT2D eigenvalue weighted by atomic mass is 16.2. The van der Waals surface area contributed by atoms with Crippen LogP contribution in [0.15, 0.2) is 12.3 Å². The second kappa shape index (κ2) is 5.26. The molecule has 1 N–H and O–H groups in total. The molecule has 20 heavy (non-hydrogen) atoms. The highest BCUT2D eigenvalue weighted by Gasteiger charge is 2.31. The molecule has 1 aromatic heterocycles. The van der Waals surface area contributed by atoms with Crippen molar-refractivity contribution in [2.75, 3.05) is 6.54 Å². The molecule has 6 nitrogen and oxygen atoms in total. The first-order chi connectivity index (χ1) is 9.65. The summed E-state index contributed by atoms with van der Waals surface area (Å²) in [6.45, 7) is 2.25. The zero-order valence-corrected chi connectivity index (χ0v) is 11.7. The number of aromatic nitrogens is 2. The third kappa shape index (κ3) is 2.42. The first-order valence-corrected chi connectivity index (χ1v) is 7.26. The lowest BCUT2D eigenvalue weighted by atomic mass is 10.2. The van der Waals surface area contributed by atoms with Crippen molar-refractivity contribution in [3.8, 4) is 0 Å². The second-order valence-corrected chi connectivity index (χ2v) is 5.64. The number of piperazine rings is 1. The number of carbonyl (C=O) groups excluding carboxylic acids is 2. The Morgan fingerprint density at radius 3 is 2.85 bits per heavy atom. The molecule has 1 aliphatic heterocycles. The number of carbonyl (C=O) groups is 2.